The van der Waals surface area contributed by atoms with E-state index in [0.29, 0.717) is 18.0 Å². The maximum absolute atomic E-state index is 4.95. The minimum atomic E-state index is 0. The second-order valence-corrected chi connectivity index (χ2v) is 8.12. The number of piperazine rings is 3. The van der Waals surface area contributed by atoms with Crippen molar-refractivity contribution in [3.8, 4) is 0 Å². The molecule has 2 N–H and O–H groups in total. The fraction of sp³-hybridized carbons (Fsp3) is 0.944. The van der Waals surface area contributed by atoms with Gasteiger partial charge in [-0.2, -0.15) is 0 Å². The molecule has 0 aromatic carbocycles. The number of likely N-dealkylation sites (tertiary alicyclic amines) is 1. The first-order valence-corrected chi connectivity index (χ1v) is 9.98. The van der Waals surface area contributed by atoms with Crippen LogP contribution in [0.15, 0.2) is 4.99 Å². The summed E-state index contributed by atoms with van der Waals surface area (Å²) in [5.41, 5.74) is 0. The molecule has 3 atom stereocenters. The maximum Gasteiger partial charge on any atom is 0.191 e. The summed E-state index contributed by atoms with van der Waals surface area (Å²) in [7, 11) is 0. The molecule has 25 heavy (non-hydrogen) atoms. The average Bonchev–Trinajstić information content (AvgIpc) is 3.39. The normalized spacial score (nSPS) is 38.5. The lowest BCUT2D eigenvalue weighted by atomic mass is 10.1. The number of guanidine groups is 1. The monoisotopic (exact) mass is 462 g/mol. The fourth-order valence-corrected chi connectivity index (χ4v) is 4.52. The van der Waals surface area contributed by atoms with E-state index in [2.05, 4.69) is 39.2 Å². The van der Waals surface area contributed by atoms with E-state index < -0.39 is 0 Å². The SMILES string of the molecule is CCNC(=NCC1CN2CCN1CC2)NC1CN(C2CC2)CC1C.I. The van der Waals surface area contributed by atoms with Crippen LogP contribution in [0.2, 0.25) is 0 Å². The number of hydrogen-bond acceptors (Lipinski definition) is 4. The summed E-state index contributed by atoms with van der Waals surface area (Å²) >= 11 is 0. The van der Waals surface area contributed by atoms with Gasteiger partial charge >= 0.3 is 0 Å². The molecular weight excluding hydrogens is 427 g/mol. The van der Waals surface area contributed by atoms with E-state index in [1.54, 1.807) is 0 Å². The van der Waals surface area contributed by atoms with Crippen LogP contribution in [0.1, 0.15) is 26.7 Å². The van der Waals surface area contributed by atoms with Crippen molar-refractivity contribution >= 4 is 29.9 Å². The summed E-state index contributed by atoms with van der Waals surface area (Å²) in [6.45, 7) is 14.9. The first kappa shape index (κ1) is 19.6. The van der Waals surface area contributed by atoms with Crippen LogP contribution < -0.4 is 10.6 Å². The van der Waals surface area contributed by atoms with Crippen LogP contribution in [0.3, 0.4) is 0 Å². The Morgan fingerprint density at radius 2 is 1.80 bits per heavy atom. The number of hydrogen-bond donors (Lipinski definition) is 2. The number of fused-ring (bicyclic) bond motifs is 3. The summed E-state index contributed by atoms with van der Waals surface area (Å²) < 4.78 is 0. The molecule has 6 nitrogen and oxygen atoms in total. The molecule has 0 aromatic rings. The third kappa shape index (κ3) is 4.78. The molecule has 3 unspecified atom stereocenters. The van der Waals surface area contributed by atoms with Crippen molar-refractivity contribution in [2.24, 2.45) is 10.9 Å². The lowest BCUT2D eigenvalue weighted by molar-refractivity contribution is 0.0174. The molecule has 2 bridgehead atoms. The Bertz CT molecular complexity index is 460. The van der Waals surface area contributed by atoms with E-state index in [9.17, 15) is 0 Å². The Labute approximate surface area is 169 Å². The zero-order valence-electron chi connectivity index (χ0n) is 15.8. The van der Waals surface area contributed by atoms with Crippen molar-refractivity contribution in [2.75, 3.05) is 58.9 Å². The van der Waals surface area contributed by atoms with Crippen LogP contribution in [0, 0.1) is 5.92 Å². The summed E-state index contributed by atoms with van der Waals surface area (Å²) in [4.78, 5) is 12.8. The largest absolute Gasteiger partial charge is 0.357 e. The molecule has 7 heteroatoms. The van der Waals surface area contributed by atoms with Gasteiger partial charge in [0.1, 0.15) is 0 Å². The molecule has 1 saturated carbocycles. The summed E-state index contributed by atoms with van der Waals surface area (Å²) in [6, 6.07) is 2.01. The molecule has 5 rings (SSSR count). The topological polar surface area (TPSA) is 46.1 Å². The number of aliphatic imine (C=N–C) groups is 1. The minimum absolute atomic E-state index is 0. The standard InChI is InChI=1S/C18H34N6.HI/c1-3-19-18(20-10-16-12-22-6-8-23(16)9-7-22)21-17-13-24(11-14(17)2)15-4-5-15;/h14-17H,3-13H2,1-2H3,(H2,19,20,21);1H. The molecule has 4 heterocycles. The van der Waals surface area contributed by atoms with Gasteiger partial charge in [-0.1, -0.05) is 6.92 Å². The van der Waals surface area contributed by atoms with Gasteiger partial charge in [-0.15, -0.1) is 24.0 Å². The van der Waals surface area contributed by atoms with Crippen molar-refractivity contribution in [1.29, 1.82) is 0 Å². The molecule has 0 amide bonds. The number of nitrogens with zero attached hydrogens (tertiary/aromatic N) is 4. The number of nitrogens with one attached hydrogen (secondary N) is 2. The highest BCUT2D eigenvalue weighted by molar-refractivity contribution is 14.0. The van der Waals surface area contributed by atoms with E-state index in [1.165, 1.54) is 58.7 Å². The van der Waals surface area contributed by atoms with Gasteiger partial charge in [-0.05, 0) is 25.7 Å². The van der Waals surface area contributed by atoms with Crippen molar-refractivity contribution in [3.63, 3.8) is 0 Å². The van der Waals surface area contributed by atoms with Gasteiger partial charge in [0.25, 0.3) is 0 Å². The number of rotatable bonds is 5. The van der Waals surface area contributed by atoms with Gasteiger partial charge in [-0.25, -0.2) is 0 Å². The molecule has 4 saturated heterocycles. The molecule has 0 radical (unpaired) electrons. The Morgan fingerprint density at radius 1 is 1.04 bits per heavy atom. The summed E-state index contributed by atoms with van der Waals surface area (Å²) in [6.07, 6.45) is 2.81. The third-order valence-corrected chi connectivity index (χ3v) is 6.22. The molecule has 0 spiro atoms. The fourth-order valence-electron chi connectivity index (χ4n) is 4.52. The molecule has 1 aliphatic carbocycles. The van der Waals surface area contributed by atoms with Crippen LogP contribution in [0.4, 0.5) is 0 Å². The minimum Gasteiger partial charge on any atom is -0.357 e. The smallest absolute Gasteiger partial charge is 0.191 e. The lowest BCUT2D eigenvalue weighted by Crippen LogP contribution is -2.62. The van der Waals surface area contributed by atoms with Crippen LogP contribution >= 0.6 is 24.0 Å². The van der Waals surface area contributed by atoms with Gasteiger partial charge in [0.05, 0.1) is 6.54 Å². The van der Waals surface area contributed by atoms with Crippen LogP contribution in [0.25, 0.3) is 0 Å². The van der Waals surface area contributed by atoms with Crippen LogP contribution in [-0.2, 0) is 0 Å². The second kappa shape index (κ2) is 8.71. The second-order valence-electron chi connectivity index (χ2n) is 8.12. The predicted molar refractivity (Wildman–Crippen MR) is 114 cm³/mol. The Balaban J connectivity index is 0.00000182. The lowest BCUT2D eigenvalue weighted by Gasteiger charge is -2.47. The molecule has 0 aromatic heterocycles. The highest BCUT2D eigenvalue weighted by Crippen LogP contribution is 2.31. The highest BCUT2D eigenvalue weighted by Gasteiger charge is 2.38. The van der Waals surface area contributed by atoms with Crippen molar-refractivity contribution < 1.29 is 0 Å². The van der Waals surface area contributed by atoms with E-state index >= 15 is 0 Å². The Kier molecular flexibility index (Phi) is 6.84. The average molecular weight is 462 g/mol. The van der Waals surface area contributed by atoms with Crippen LogP contribution in [-0.4, -0.2) is 97.7 Å². The van der Waals surface area contributed by atoms with E-state index in [4.69, 9.17) is 4.99 Å². The van der Waals surface area contributed by atoms with Crippen molar-refractivity contribution in [2.45, 2.75) is 44.8 Å². The summed E-state index contributed by atoms with van der Waals surface area (Å²) in [5.74, 6) is 1.72. The molecule has 4 aliphatic heterocycles. The predicted octanol–water partition coefficient (Wildman–Crippen LogP) is 0.642. The van der Waals surface area contributed by atoms with Crippen LogP contribution in [0.5, 0.6) is 0 Å². The Morgan fingerprint density at radius 3 is 2.40 bits per heavy atom. The zero-order valence-corrected chi connectivity index (χ0v) is 18.1. The first-order valence-electron chi connectivity index (χ1n) is 9.98. The van der Waals surface area contributed by atoms with Gasteiger partial charge in [-0.3, -0.25) is 19.7 Å². The van der Waals surface area contributed by atoms with Gasteiger partial charge in [0.15, 0.2) is 5.96 Å². The molecule has 5 aliphatic rings. The molecule has 5 fully saturated rings. The zero-order chi connectivity index (χ0) is 16.5. The van der Waals surface area contributed by atoms with E-state index in [0.717, 1.165) is 25.1 Å². The third-order valence-electron chi connectivity index (χ3n) is 6.22. The highest BCUT2D eigenvalue weighted by atomic mass is 127. The van der Waals surface area contributed by atoms with Gasteiger partial charge in [0.2, 0.25) is 0 Å². The Hall–Kier alpha value is -0.120. The maximum atomic E-state index is 4.95. The van der Waals surface area contributed by atoms with Gasteiger partial charge < -0.3 is 10.6 Å². The van der Waals surface area contributed by atoms with Gasteiger partial charge in [0, 0.05) is 70.5 Å². The van der Waals surface area contributed by atoms with E-state index in [1.807, 2.05) is 0 Å². The summed E-state index contributed by atoms with van der Waals surface area (Å²) in [5, 5.41) is 7.19. The molecule has 144 valence electrons. The first-order chi connectivity index (χ1) is 11.7. The quantitative estimate of drug-likeness (QED) is 0.357. The van der Waals surface area contributed by atoms with E-state index in [-0.39, 0.29) is 24.0 Å². The number of halogens is 1. The van der Waals surface area contributed by atoms with Crippen molar-refractivity contribution in [1.82, 2.24) is 25.3 Å². The van der Waals surface area contributed by atoms with Crippen molar-refractivity contribution in [3.05, 3.63) is 0 Å². The molecular formula is C18H35IN6.